The van der Waals surface area contributed by atoms with Crippen molar-refractivity contribution in [2.24, 2.45) is 0 Å². The molecule has 10 nitrogen and oxygen atoms in total. The van der Waals surface area contributed by atoms with Gasteiger partial charge in [0.05, 0.1) is 5.01 Å². The number of alkyl carbamates (subject to hydrolysis) is 2. The van der Waals surface area contributed by atoms with Crippen molar-refractivity contribution < 1.29 is 23.9 Å². The minimum Gasteiger partial charge on any atom is -0.445 e. The zero-order chi connectivity index (χ0) is 26.0. The van der Waals surface area contributed by atoms with Crippen molar-refractivity contribution in [3.8, 4) is 10.7 Å². The number of hydrogen-bond acceptors (Lipinski definition) is 9. The molecular formula is C24H29N5O5S2. The van der Waals surface area contributed by atoms with Crippen LogP contribution in [0.15, 0.2) is 41.1 Å². The summed E-state index contributed by atoms with van der Waals surface area (Å²) in [5.41, 5.74) is 1.30. The van der Waals surface area contributed by atoms with Crippen molar-refractivity contribution in [2.45, 2.75) is 39.4 Å². The van der Waals surface area contributed by atoms with Gasteiger partial charge in [-0.3, -0.25) is 4.79 Å². The summed E-state index contributed by atoms with van der Waals surface area (Å²) in [6, 6.07) is 9.47. The fourth-order valence-corrected chi connectivity index (χ4v) is 4.43. The number of hydrogen-bond donors (Lipinski definition) is 3. The highest BCUT2D eigenvalue weighted by atomic mass is 32.1. The van der Waals surface area contributed by atoms with E-state index >= 15 is 0 Å². The molecule has 0 saturated heterocycles. The van der Waals surface area contributed by atoms with E-state index in [-0.39, 0.29) is 31.3 Å². The predicted octanol–water partition coefficient (Wildman–Crippen LogP) is 3.99. The number of nitrogens with one attached hydrogen (secondary N) is 3. The highest BCUT2D eigenvalue weighted by Gasteiger charge is 2.16. The number of carbonyl (C=O) groups excluding carboxylic acids is 3. The Morgan fingerprint density at radius 1 is 0.889 bits per heavy atom. The zero-order valence-corrected chi connectivity index (χ0v) is 22.0. The number of ether oxygens (including phenoxy) is 2. The van der Waals surface area contributed by atoms with Gasteiger partial charge in [-0.1, -0.05) is 30.3 Å². The van der Waals surface area contributed by atoms with Crippen LogP contribution in [-0.2, 0) is 22.5 Å². The van der Waals surface area contributed by atoms with E-state index in [0.717, 1.165) is 10.6 Å². The average Bonchev–Trinajstić information content (AvgIpc) is 3.50. The Bertz CT molecular complexity index is 1160. The highest BCUT2D eigenvalue weighted by molar-refractivity contribution is 7.14. The van der Waals surface area contributed by atoms with Gasteiger partial charge in [-0.15, -0.1) is 22.7 Å². The summed E-state index contributed by atoms with van der Waals surface area (Å²) in [4.78, 5) is 44.7. The Kier molecular flexibility index (Phi) is 9.77. The average molecular weight is 532 g/mol. The number of thiazole rings is 2. The Balaban J connectivity index is 1.37. The van der Waals surface area contributed by atoms with Crippen LogP contribution < -0.4 is 16.0 Å². The molecule has 0 bridgehead atoms. The van der Waals surface area contributed by atoms with Gasteiger partial charge in [0.15, 0.2) is 0 Å². The quantitative estimate of drug-likeness (QED) is 0.337. The molecule has 3 rings (SSSR count). The number of benzene rings is 1. The van der Waals surface area contributed by atoms with Gasteiger partial charge < -0.3 is 25.4 Å². The van der Waals surface area contributed by atoms with E-state index in [1.165, 1.54) is 22.7 Å². The van der Waals surface area contributed by atoms with Crippen LogP contribution in [0.4, 0.5) is 9.59 Å². The molecule has 3 aromatic rings. The molecule has 3 N–H and O–H groups in total. The maximum Gasteiger partial charge on any atom is 0.407 e. The molecule has 0 aliphatic carbocycles. The van der Waals surface area contributed by atoms with Crippen LogP contribution >= 0.6 is 22.7 Å². The molecule has 0 fully saturated rings. The van der Waals surface area contributed by atoms with Gasteiger partial charge in [-0.2, -0.15) is 0 Å². The first kappa shape index (κ1) is 27.1. The van der Waals surface area contributed by atoms with Crippen molar-refractivity contribution in [3.63, 3.8) is 0 Å². The Hall–Kier alpha value is -3.51. The van der Waals surface area contributed by atoms with E-state index < -0.39 is 17.8 Å². The molecular weight excluding hydrogens is 502 g/mol. The monoisotopic (exact) mass is 531 g/mol. The van der Waals surface area contributed by atoms with Crippen LogP contribution in [0.2, 0.25) is 0 Å². The third-order valence-electron chi connectivity index (χ3n) is 4.41. The van der Waals surface area contributed by atoms with Crippen LogP contribution in [-0.4, -0.2) is 53.3 Å². The summed E-state index contributed by atoms with van der Waals surface area (Å²) >= 11 is 2.78. The van der Waals surface area contributed by atoms with Gasteiger partial charge in [0.1, 0.15) is 28.6 Å². The van der Waals surface area contributed by atoms with Crippen LogP contribution in [0.25, 0.3) is 10.7 Å². The van der Waals surface area contributed by atoms with E-state index in [9.17, 15) is 14.4 Å². The lowest BCUT2D eigenvalue weighted by atomic mass is 10.2. The molecule has 0 spiro atoms. The number of amides is 3. The fourth-order valence-electron chi connectivity index (χ4n) is 2.81. The molecule has 192 valence electrons. The van der Waals surface area contributed by atoms with Crippen LogP contribution in [0.1, 0.15) is 41.8 Å². The summed E-state index contributed by atoms with van der Waals surface area (Å²) in [7, 11) is 0. The van der Waals surface area contributed by atoms with E-state index in [1.807, 2.05) is 35.7 Å². The summed E-state index contributed by atoms with van der Waals surface area (Å²) < 4.78 is 10.3. The van der Waals surface area contributed by atoms with Crippen molar-refractivity contribution in [2.75, 3.05) is 19.6 Å². The standard InChI is InChI=1S/C24H29N5O5S2/c1-24(2,3)34-23(32)27-12-11-25-20(30)17-14-36-21(29-17)18-15-35-19(28-18)9-10-26-22(31)33-13-16-7-5-4-6-8-16/h4-8,14-15H,9-13H2,1-3H3,(H,25,30)(H,26,31)(H,27,32). The first-order valence-corrected chi connectivity index (χ1v) is 13.1. The minimum atomic E-state index is -0.579. The third-order valence-corrected chi connectivity index (χ3v) is 6.18. The fraction of sp³-hybridized carbons (Fsp3) is 0.375. The topological polar surface area (TPSA) is 132 Å². The molecule has 0 atom stereocenters. The lowest BCUT2D eigenvalue weighted by Gasteiger charge is -2.19. The Morgan fingerprint density at radius 2 is 1.61 bits per heavy atom. The third kappa shape index (κ3) is 9.27. The van der Waals surface area contributed by atoms with Crippen LogP contribution in [0.3, 0.4) is 0 Å². The first-order chi connectivity index (χ1) is 17.2. The van der Waals surface area contributed by atoms with E-state index in [2.05, 4.69) is 25.9 Å². The molecule has 0 aliphatic rings. The molecule has 0 radical (unpaired) electrons. The molecule has 0 aliphatic heterocycles. The summed E-state index contributed by atoms with van der Waals surface area (Å²) in [5, 5.41) is 13.0. The van der Waals surface area contributed by atoms with Gasteiger partial charge in [0, 0.05) is 36.8 Å². The smallest absolute Gasteiger partial charge is 0.407 e. The van der Waals surface area contributed by atoms with Crippen molar-refractivity contribution in [3.05, 3.63) is 57.4 Å². The SMILES string of the molecule is CC(C)(C)OC(=O)NCCNC(=O)c1csc(-c2csc(CCNC(=O)OCc3ccccc3)n2)n1. The van der Waals surface area contributed by atoms with Crippen molar-refractivity contribution in [1.82, 2.24) is 25.9 Å². The van der Waals surface area contributed by atoms with Crippen molar-refractivity contribution in [1.29, 1.82) is 0 Å². The summed E-state index contributed by atoms with van der Waals surface area (Å²) in [6.45, 7) is 6.42. The first-order valence-electron chi connectivity index (χ1n) is 11.3. The second kappa shape index (κ2) is 13.0. The molecule has 0 unspecified atom stereocenters. The minimum absolute atomic E-state index is 0.217. The van der Waals surface area contributed by atoms with Crippen LogP contribution in [0, 0.1) is 0 Å². The second-order valence-corrected chi connectivity index (χ2v) is 10.4. The molecule has 2 heterocycles. The summed E-state index contributed by atoms with van der Waals surface area (Å²) in [5.74, 6) is -0.336. The van der Waals surface area contributed by atoms with Gasteiger partial charge >= 0.3 is 12.2 Å². The Morgan fingerprint density at radius 3 is 2.36 bits per heavy atom. The predicted molar refractivity (Wildman–Crippen MR) is 138 cm³/mol. The van der Waals surface area contributed by atoms with Crippen molar-refractivity contribution >= 4 is 40.8 Å². The molecule has 0 saturated carbocycles. The van der Waals surface area contributed by atoms with Gasteiger partial charge in [-0.25, -0.2) is 19.6 Å². The Labute approximate surface area is 217 Å². The lowest BCUT2D eigenvalue weighted by molar-refractivity contribution is 0.0526. The molecule has 3 amide bonds. The number of nitrogens with zero attached hydrogens (tertiary/aromatic N) is 2. The van der Waals surface area contributed by atoms with E-state index in [1.54, 1.807) is 26.2 Å². The maximum atomic E-state index is 12.3. The number of aromatic nitrogens is 2. The van der Waals surface area contributed by atoms with E-state index in [0.29, 0.717) is 23.7 Å². The van der Waals surface area contributed by atoms with Crippen LogP contribution in [0.5, 0.6) is 0 Å². The highest BCUT2D eigenvalue weighted by Crippen LogP contribution is 2.25. The zero-order valence-electron chi connectivity index (χ0n) is 20.3. The number of rotatable bonds is 10. The molecule has 12 heteroatoms. The molecule has 1 aromatic carbocycles. The van der Waals surface area contributed by atoms with Gasteiger partial charge in [0.2, 0.25) is 0 Å². The maximum absolute atomic E-state index is 12.3. The molecule has 2 aromatic heterocycles. The lowest BCUT2D eigenvalue weighted by Crippen LogP contribution is -2.37. The summed E-state index contributed by atoms with van der Waals surface area (Å²) in [6.07, 6.45) is -0.465. The van der Waals surface area contributed by atoms with Gasteiger partial charge in [0.25, 0.3) is 5.91 Å². The largest absolute Gasteiger partial charge is 0.445 e. The number of carbonyl (C=O) groups is 3. The van der Waals surface area contributed by atoms with Gasteiger partial charge in [-0.05, 0) is 26.3 Å². The second-order valence-electron chi connectivity index (χ2n) is 8.59. The van der Waals surface area contributed by atoms with E-state index in [4.69, 9.17) is 9.47 Å². The normalized spacial score (nSPS) is 11.0. The molecule has 36 heavy (non-hydrogen) atoms.